The summed E-state index contributed by atoms with van der Waals surface area (Å²) in [6.07, 6.45) is 5.13. The van der Waals surface area contributed by atoms with Crippen molar-refractivity contribution in [1.29, 1.82) is 0 Å². The maximum atomic E-state index is 10.5. The quantitative estimate of drug-likeness (QED) is 0.563. The first-order chi connectivity index (χ1) is 6.85. The number of allylic oxidation sites excluding steroid dienone is 2. The molecule has 0 saturated heterocycles. The first-order valence-electron chi connectivity index (χ1n) is 4.72. The second-order valence-corrected chi connectivity index (χ2v) is 5.28. The van der Waals surface area contributed by atoms with Crippen LogP contribution in [0.1, 0.15) is 20.8 Å². The summed E-state index contributed by atoms with van der Waals surface area (Å²) < 4.78 is 5.02. The van der Waals surface area contributed by atoms with Gasteiger partial charge < -0.3 is 4.74 Å². The molecule has 0 spiro atoms. The molecule has 0 bridgehead atoms. The summed E-state index contributed by atoms with van der Waals surface area (Å²) in [5, 5.41) is 0. The molecule has 0 aliphatic heterocycles. The van der Waals surface area contributed by atoms with Gasteiger partial charge in [0.1, 0.15) is 4.49 Å². The summed E-state index contributed by atoms with van der Waals surface area (Å²) in [5.41, 5.74) is 0.131. The van der Waals surface area contributed by atoms with Gasteiger partial charge in [0, 0.05) is 6.92 Å². The van der Waals surface area contributed by atoms with E-state index in [0.29, 0.717) is 11.8 Å². The number of carbonyl (C=O) groups is 1. The highest BCUT2D eigenvalue weighted by Crippen LogP contribution is 2.60. The lowest BCUT2D eigenvalue weighted by Gasteiger charge is -1.96. The van der Waals surface area contributed by atoms with E-state index in [1.807, 2.05) is 12.2 Å². The fourth-order valence-corrected chi connectivity index (χ4v) is 2.03. The molecule has 1 aliphatic rings. The van der Waals surface area contributed by atoms with Crippen molar-refractivity contribution in [3.63, 3.8) is 0 Å². The second kappa shape index (κ2) is 4.58. The predicted molar refractivity (Wildman–Crippen MR) is 61.5 cm³/mol. The lowest BCUT2D eigenvalue weighted by Crippen LogP contribution is -1.91. The van der Waals surface area contributed by atoms with Gasteiger partial charge in [-0.25, -0.2) is 0 Å². The van der Waals surface area contributed by atoms with Gasteiger partial charge in [0.05, 0.1) is 6.26 Å². The van der Waals surface area contributed by atoms with Gasteiger partial charge in [0.2, 0.25) is 0 Å². The van der Waals surface area contributed by atoms with E-state index in [1.165, 1.54) is 13.2 Å². The lowest BCUT2D eigenvalue weighted by atomic mass is 10.1. The molecule has 0 radical (unpaired) electrons. The van der Waals surface area contributed by atoms with E-state index < -0.39 is 0 Å². The molecule has 0 aromatic heterocycles. The summed E-state index contributed by atoms with van der Waals surface area (Å²) in [6, 6.07) is 0. The Kier molecular flexibility index (Phi) is 3.85. The zero-order valence-electron chi connectivity index (χ0n) is 8.96. The minimum atomic E-state index is -0.313. The van der Waals surface area contributed by atoms with Gasteiger partial charge >= 0.3 is 5.97 Å². The van der Waals surface area contributed by atoms with Crippen LogP contribution in [-0.4, -0.2) is 5.97 Å². The van der Waals surface area contributed by atoms with E-state index >= 15 is 0 Å². The summed E-state index contributed by atoms with van der Waals surface area (Å²) in [7, 11) is 0. The fourth-order valence-electron chi connectivity index (χ4n) is 1.76. The molecule has 84 valence electrons. The van der Waals surface area contributed by atoms with Crippen LogP contribution in [0.4, 0.5) is 0 Å². The van der Waals surface area contributed by atoms with Gasteiger partial charge in [-0.05, 0) is 29.4 Å². The Morgan fingerprint density at radius 2 is 1.93 bits per heavy atom. The SMILES string of the molecule is CC(=O)OC=CC1C(C=C(Cl)Cl)C1(C)C. The topological polar surface area (TPSA) is 26.3 Å². The van der Waals surface area contributed by atoms with Gasteiger partial charge in [-0.2, -0.15) is 0 Å². The van der Waals surface area contributed by atoms with Crippen molar-refractivity contribution in [1.82, 2.24) is 0 Å². The minimum Gasteiger partial charge on any atom is -0.435 e. The van der Waals surface area contributed by atoms with Crippen LogP contribution >= 0.6 is 23.2 Å². The van der Waals surface area contributed by atoms with Crippen LogP contribution in [0.25, 0.3) is 0 Å². The third-order valence-electron chi connectivity index (χ3n) is 2.82. The molecule has 1 fully saturated rings. The van der Waals surface area contributed by atoms with Gasteiger partial charge in [-0.3, -0.25) is 4.79 Å². The molecular formula is C11H14Cl2O2. The number of ether oxygens (including phenoxy) is 1. The van der Waals surface area contributed by atoms with E-state index in [-0.39, 0.29) is 15.9 Å². The Labute approximate surface area is 99.9 Å². The zero-order valence-corrected chi connectivity index (χ0v) is 10.5. The molecule has 0 heterocycles. The number of carbonyl (C=O) groups excluding carboxylic acids is 1. The minimum absolute atomic E-state index is 0.131. The standard InChI is InChI=1S/C11H14Cl2O2/c1-7(14)15-5-4-8-9(6-10(12)13)11(8,2)3/h4-6,8-9H,1-3H3. The van der Waals surface area contributed by atoms with Crippen LogP contribution < -0.4 is 0 Å². The molecule has 2 atom stereocenters. The first-order valence-corrected chi connectivity index (χ1v) is 5.48. The molecule has 0 aromatic carbocycles. The Hall–Kier alpha value is -0.470. The molecule has 1 aliphatic carbocycles. The molecule has 2 nitrogen and oxygen atoms in total. The van der Waals surface area contributed by atoms with Crippen molar-refractivity contribution >= 4 is 29.2 Å². The van der Waals surface area contributed by atoms with E-state index in [4.69, 9.17) is 27.9 Å². The van der Waals surface area contributed by atoms with Gasteiger partial charge in [0.25, 0.3) is 0 Å². The predicted octanol–water partition coefficient (Wildman–Crippen LogP) is 3.65. The molecule has 15 heavy (non-hydrogen) atoms. The molecule has 0 amide bonds. The molecule has 4 heteroatoms. The van der Waals surface area contributed by atoms with Crippen molar-refractivity contribution in [2.24, 2.45) is 17.3 Å². The molecule has 1 saturated carbocycles. The Balaban J connectivity index is 2.55. The van der Waals surface area contributed by atoms with Crippen molar-refractivity contribution in [3.05, 3.63) is 22.9 Å². The van der Waals surface area contributed by atoms with Gasteiger partial charge in [-0.1, -0.05) is 37.0 Å². The van der Waals surface area contributed by atoms with Crippen LogP contribution in [0.5, 0.6) is 0 Å². The van der Waals surface area contributed by atoms with E-state index in [9.17, 15) is 4.79 Å². The monoisotopic (exact) mass is 248 g/mol. The second-order valence-electron chi connectivity index (χ2n) is 4.27. The lowest BCUT2D eigenvalue weighted by molar-refractivity contribution is -0.135. The Morgan fingerprint density at radius 3 is 2.40 bits per heavy atom. The highest BCUT2D eigenvalue weighted by Gasteiger charge is 2.54. The average Bonchev–Trinajstić information content (AvgIpc) is 2.54. The summed E-state index contributed by atoms with van der Waals surface area (Å²) in [5.74, 6) is 0.325. The maximum Gasteiger partial charge on any atom is 0.307 e. The highest BCUT2D eigenvalue weighted by atomic mass is 35.5. The average molecular weight is 249 g/mol. The molecule has 0 N–H and O–H groups in total. The molecule has 2 unspecified atom stereocenters. The van der Waals surface area contributed by atoms with Crippen molar-refractivity contribution in [3.8, 4) is 0 Å². The number of rotatable bonds is 3. The van der Waals surface area contributed by atoms with E-state index in [0.717, 1.165) is 0 Å². The van der Waals surface area contributed by atoms with Crippen LogP contribution in [-0.2, 0) is 9.53 Å². The van der Waals surface area contributed by atoms with E-state index in [2.05, 4.69) is 13.8 Å². The highest BCUT2D eigenvalue weighted by molar-refractivity contribution is 6.55. The fraction of sp³-hybridized carbons (Fsp3) is 0.545. The van der Waals surface area contributed by atoms with Crippen molar-refractivity contribution in [2.45, 2.75) is 20.8 Å². The summed E-state index contributed by atoms with van der Waals surface area (Å²) >= 11 is 11.2. The Morgan fingerprint density at radius 1 is 1.33 bits per heavy atom. The number of esters is 1. The van der Waals surface area contributed by atoms with Crippen molar-refractivity contribution < 1.29 is 9.53 Å². The number of halogens is 2. The van der Waals surface area contributed by atoms with Crippen LogP contribution in [0.15, 0.2) is 22.9 Å². The molecule has 0 aromatic rings. The smallest absolute Gasteiger partial charge is 0.307 e. The summed E-state index contributed by atoms with van der Waals surface area (Å²) in [6.45, 7) is 5.61. The van der Waals surface area contributed by atoms with Crippen LogP contribution in [0.3, 0.4) is 0 Å². The van der Waals surface area contributed by atoms with Gasteiger partial charge in [-0.15, -0.1) is 0 Å². The Bertz CT molecular complexity index is 315. The van der Waals surface area contributed by atoms with E-state index in [1.54, 1.807) is 0 Å². The zero-order chi connectivity index (χ0) is 11.6. The molecular weight excluding hydrogens is 235 g/mol. The third kappa shape index (κ3) is 3.25. The normalized spacial score (nSPS) is 27.5. The van der Waals surface area contributed by atoms with Crippen molar-refractivity contribution in [2.75, 3.05) is 0 Å². The molecule has 1 rings (SSSR count). The maximum absolute atomic E-state index is 10.5. The number of hydrogen-bond donors (Lipinski definition) is 0. The van der Waals surface area contributed by atoms with Crippen LogP contribution in [0.2, 0.25) is 0 Å². The van der Waals surface area contributed by atoms with Crippen LogP contribution in [0, 0.1) is 17.3 Å². The largest absolute Gasteiger partial charge is 0.435 e. The third-order valence-corrected chi connectivity index (χ3v) is 3.07. The van der Waals surface area contributed by atoms with Gasteiger partial charge in [0.15, 0.2) is 0 Å². The number of hydrogen-bond acceptors (Lipinski definition) is 2. The first kappa shape index (κ1) is 12.6. The summed E-state index contributed by atoms with van der Waals surface area (Å²) in [4.78, 5) is 10.5.